The number of fused-ring (bicyclic) bond motifs is 2. The molecule has 1 aromatic carbocycles. The van der Waals surface area contributed by atoms with Crippen molar-refractivity contribution in [3.63, 3.8) is 0 Å². The highest BCUT2D eigenvalue weighted by Gasteiger charge is 2.21. The lowest BCUT2D eigenvalue weighted by atomic mass is 10.1. The largest absolute Gasteiger partial charge is 0.344 e. The molecule has 8 heteroatoms. The fourth-order valence-electron chi connectivity index (χ4n) is 3.67. The molecule has 1 aliphatic heterocycles. The molecule has 4 aromatic rings. The Kier molecular flexibility index (Phi) is 4.29. The first-order valence-electron chi connectivity index (χ1n) is 9.35. The van der Waals surface area contributed by atoms with Gasteiger partial charge >= 0.3 is 0 Å². The lowest BCUT2D eigenvalue weighted by Gasteiger charge is -2.34. The van der Waals surface area contributed by atoms with Crippen molar-refractivity contribution in [2.24, 2.45) is 0 Å². The van der Waals surface area contributed by atoms with Crippen molar-refractivity contribution >= 4 is 32.3 Å². The molecule has 0 N–H and O–H groups in total. The molecule has 0 saturated carbocycles. The van der Waals surface area contributed by atoms with Crippen LogP contribution in [0.4, 0.5) is 5.13 Å². The summed E-state index contributed by atoms with van der Waals surface area (Å²) in [5.41, 5.74) is 2.96. The summed E-state index contributed by atoms with van der Waals surface area (Å²) in [4.78, 5) is 26.4. The van der Waals surface area contributed by atoms with Crippen molar-refractivity contribution in [2.45, 2.75) is 13.5 Å². The maximum Gasteiger partial charge on any atom is 0.275 e. The van der Waals surface area contributed by atoms with Gasteiger partial charge in [0.1, 0.15) is 0 Å². The van der Waals surface area contributed by atoms with E-state index in [9.17, 15) is 4.79 Å². The number of hydrogen-bond donors (Lipinski definition) is 0. The fraction of sp³-hybridized carbons (Fsp3) is 0.300. The highest BCUT2D eigenvalue weighted by Crippen LogP contribution is 2.24. The van der Waals surface area contributed by atoms with E-state index >= 15 is 0 Å². The van der Waals surface area contributed by atoms with E-state index in [-0.39, 0.29) is 5.56 Å². The first kappa shape index (κ1) is 17.3. The summed E-state index contributed by atoms with van der Waals surface area (Å²) in [6, 6.07) is 12.0. The van der Waals surface area contributed by atoms with Crippen LogP contribution in [0, 0.1) is 6.92 Å². The minimum absolute atomic E-state index is 0.118. The summed E-state index contributed by atoms with van der Waals surface area (Å²) in [7, 11) is 0. The van der Waals surface area contributed by atoms with Crippen molar-refractivity contribution in [3.8, 4) is 0 Å². The SMILES string of the molecule is Cc1cc(=O)n2nc(N3CCN(Cc4cccc5cccnc45)CC3)sc2n1. The van der Waals surface area contributed by atoms with Crippen LogP contribution in [-0.2, 0) is 6.54 Å². The minimum Gasteiger partial charge on any atom is -0.344 e. The highest BCUT2D eigenvalue weighted by molar-refractivity contribution is 7.20. The van der Waals surface area contributed by atoms with Crippen molar-refractivity contribution in [1.82, 2.24) is 24.5 Å². The summed E-state index contributed by atoms with van der Waals surface area (Å²) in [6.07, 6.45) is 1.86. The normalized spacial score (nSPS) is 15.5. The van der Waals surface area contributed by atoms with Crippen LogP contribution in [0.2, 0.25) is 0 Å². The van der Waals surface area contributed by atoms with Gasteiger partial charge in [-0.2, -0.15) is 4.52 Å². The van der Waals surface area contributed by atoms with E-state index in [1.54, 1.807) is 0 Å². The van der Waals surface area contributed by atoms with Gasteiger partial charge in [-0.05, 0) is 18.6 Å². The molecule has 5 rings (SSSR count). The zero-order valence-corrected chi connectivity index (χ0v) is 16.4. The van der Waals surface area contributed by atoms with Gasteiger partial charge in [0.15, 0.2) is 0 Å². The van der Waals surface area contributed by atoms with Crippen LogP contribution in [-0.4, -0.2) is 50.7 Å². The Morgan fingerprint density at radius 3 is 2.79 bits per heavy atom. The third-order valence-corrected chi connectivity index (χ3v) is 6.08. The van der Waals surface area contributed by atoms with Crippen LogP contribution in [0.3, 0.4) is 0 Å². The summed E-state index contributed by atoms with van der Waals surface area (Å²) in [6.45, 7) is 6.38. The molecule has 142 valence electrons. The molecule has 1 fully saturated rings. The number of hydrogen-bond acceptors (Lipinski definition) is 7. The average Bonchev–Trinajstić information content (AvgIpc) is 3.13. The van der Waals surface area contributed by atoms with E-state index in [2.05, 4.69) is 49.1 Å². The molecule has 0 radical (unpaired) electrons. The number of aryl methyl sites for hydroxylation is 1. The second kappa shape index (κ2) is 6.96. The van der Waals surface area contributed by atoms with Crippen LogP contribution in [0.1, 0.15) is 11.3 Å². The van der Waals surface area contributed by atoms with Crippen LogP contribution >= 0.6 is 11.3 Å². The van der Waals surface area contributed by atoms with Gasteiger partial charge in [-0.15, -0.1) is 5.10 Å². The van der Waals surface area contributed by atoms with Gasteiger partial charge in [0.2, 0.25) is 10.1 Å². The van der Waals surface area contributed by atoms with E-state index in [4.69, 9.17) is 0 Å². The number of rotatable bonds is 3. The summed E-state index contributed by atoms with van der Waals surface area (Å²) in [5.74, 6) is 0. The lowest BCUT2D eigenvalue weighted by Crippen LogP contribution is -2.46. The number of benzene rings is 1. The predicted molar refractivity (Wildman–Crippen MR) is 111 cm³/mol. The van der Waals surface area contributed by atoms with Crippen LogP contribution < -0.4 is 10.5 Å². The van der Waals surface area contributed by atoms with E-state index < -0.39 is 0 Å². The first-order chi connectivity index (χ1) is 13.7. The van der Waals surface area contributed by atoms with Gasteiger partial charge in [-0.25, -0.2) is 4.98 Å². The Hall–Kier alpha value is -2.84. The molecule has 0 bridgehead atoms. The average molecular weight is 392 g/mol. The molecule has 7 nitrogen and oxygen atoms in total. The third-order valence-electron chi connectivity index (χ3n) is 5.12. The molecule has 28 heavy (non-hydrogen) atoms. The number of aromatic nitrogens is 4. The Labute approximate surface area is 165 Å². The second-order valence-electron chi connectivity index (χ2n) is 7.07. The monoisotopic (exact) mass is 392 g/mol. The van der Waals surface area contributed by atoms with E-state index in [0.29, 0.717) is 4.96 Å². The maximum absolute atomic E-state index is 12.1. The molecule has 1 aliphatic rings. The quantitative estimate of drug-likeness (QED) is 0.533. The van der Waals surface area contributed by atoms with Crippen LogP contribution in [0.5, 0.6) is 0 Å². The summed E-state index contributed by atoms with van der Waals surface area (Å²) >= 11 is 1.48. The van der Waals surface area contributed by atoms with Crippen LogP contribution in [0.15, 0.2) is 47.4 Å². The second-order valence-corrected chi connectivity index (χ2v) is 8.00. The zero-order valence-electron chi connectivity index (χ0n) is 15.6. The van der Waals surface area contributed by atoms with Gasteiger partial charge < -0.3 is 4.90 Å². The first-order valence-corrected chi connectivity index (χ1v) is 10.2. The molecular formula is C20H20N6OS. The minimum atomic E-state index is -0.118. The Morgan fingerprint density at radius 1 is 1.11 bits per heavy atom. The third kappa shape index (κ3) is 3.14. The molecule has 3 aromatic heterocycles. The number of pyridine rings is 1. The Morgan fingerprint density at radius 2 is 1.93 bits per heavy atom. The molecule has 0 unspecified atom stereocenters. The van der Waals surface area contributed by atoms with Gasteiger partial charge in [-0.3, -0.25) is 14.7 Å². The van der Waals surface area contributed by atoms with Gasteiger partial charge in [0.25, 0.3) is 5.56 Å². The topological polar surface area (TPSA) is 66.6 Å². The molecule has 0 aliphatic carbocycles. The van der Waals surface area contributed by atoms with Gasteiger partial charge in [0.05, 0.1) is 5.52 Å². The standard InChI is InChI=1S/C20H20N6OS/c1-14-12-17(27)26-19(22-14)28-20(23-26)25-10-8-24(9-11-25)13-16-5-2-4-15-6-3-7-21-18(15)16/h2-7,12H,8-11,13H2,1H3. The Balaban J connectivity index is 1.31. The van der Waals surface area contributed by atoms with E-state index in [1.165, 1.54) is 32.9 Å². The van der Waals surface area contributed by atoms with Gasteiger partial charge in [-0.1, -0.05) is 35.6 Å². The zero-order chi connectivity index (χ0) is 19.1. The summed E-state index contributed by atoms with van der Waals surface area (Å²) in [5, 5.41) is 6.53. The molecule has 0 atom stereocenters. The predicted octanol–water partition coefficient (Wildman–Crippen LogP) is 2.33. The number of nitrogens with zero attached hydrogens (tertiary/aromatic N) is 6. The number of piperazine rings is 1. The number of para-hydroxylation sites is 1. The highest BCUT2D eigenvalue weighted by atomic mass is 32.1. The van der Waals surface area contributed by atoms with Crippen molar-refractivity contribution in [1.29, 1.82) is 0 Å². The molecule has 1 saturated heterocycles. The Bertz CT molecular complexity index is 1200. The van der Waals surface area contributed by atoms with E-state index in [1.807, 2.05) is 19.2 Å². The molecule has 0 spiro atoms. The van der Waals surface area contributed by atoms with Crippen LogP contribution in [0.25, 0.3) is 15.9 Å². The fourth-order valence-corrected chi connectivity index (χ4v) is 4.68. The smallest absolute Gasteiger partial charge is 0.275 e. The number of anilines is 1. The van der Waals surface area contributed by atoms with Gasteiger partial charge in [0, 0.05) is 56.1 Å². The summed E-state index contributed by atoms with van der Waals surface area (Å²) < 4.78 is 1.40. The molecule has 4 heterocycles. The van der Waals surface area contributed by atoms with Crippen molar-refractivity contribution in [2.75, 3.05) is 31.1 Å². The van der Waals surface area contributed by atoms with Crippen molar-refractivity contribution < 1.29 is 0 Å². The molecular weight excluding hydrogens is 372 g/mol. The lowest BCUT2D eigenvalue weighted by molar-refractivity contribution is 0.250. The maximum atomic E-state index is 12.1. The van der Waals surface area contributed by atoms with Crippen molar-refractivity contribution in [3.05, 3.63) is 64.2 Å². The van der Waals surface area contributed by atoms with E-state index in [0.717, 1.165) is 49.1 Å². The molecule has 0 amide bonds.